The molecule has 0 saturated carbocycles. The quantitative estimate of drug-likeness (QED) is 0.484. The summed E-state index contributed by atoms with van der Waals surface area (Å²) in [7, 11) is 14.7. The number of carbonyl (C=O) groups excluding carboxylic acids is 1. The van der Waals surface area contributed by atoms with Crippen LogP contribution in [0.4, 0.5) is 0 Å². The second-order valence-corrected chi connectivity index (χ2v) is 8.52. The molecule has 0 bridgehead atoms. The topological polar surface area (TPSA) is 43.1 Å². The molecule has 1 heterocycles. The normalized spacial score (nSPS) is 31.0. The first-order valence-corrected chi connectivity index (χ1v) is 8.64. The predicted octanol–water partition coefficient (Wildman–Crippen LogP) is -8.82. The van der Waals surface area contributed by atoms with Crippen molar-refractivity contribution in [2.45, 2.75) is 16.0 Å². The molecule has 0 saturated heterocycles. The Hall–Kier alpha value is -0.601. The fourth-order valence-corrected chi connectivity index (χ4v) is 5.44. The van der Waals surface area contributed by atoms with Gasteiger partial charge in [-0.25, -0.2) is 0 Å². The molecule has 2 unspecified atom stereocenters. The van der Waals surface area contributed by atoms with Gasteiger partial charge in [0, 0.05) is 0 Å². The number of fused-ring (bicyclic) bond motifs is 3. The molecule has 0 amide bonds. The molecule has 2 atom stereocenters. The number of rotatable bonds is 0. The zero-order valence-corrected chi connectivity index (χ0v) is 15.9. The van der Waals surface area contributed by atoms with Crippen molar-refractivity contribution in [2.24, 2.45) is 5.73 Å². The van der Waals surface area contributed by atoms with E-state index in [2.05, 4.69) is 54.9 Å². The maximum Gasteiger partial charge on any atom is 0.283 e. The number of ketones is 1. The van der Waals surface area contributed by atoms with Crippen molar-refractivity contribution in [1.82, 2.24) is 0 Å². The second kappa shape index (κ2) is 4.73. The van der Waals surface area contributed by atoms with Crippen LogP contribution in [0.1, 0.15) is 5.56 Å². The summed E-state index contributed by atoms with van der Waals surface area (Å²) >= 11 is 7.03. The smallest absolute Gasteiger partial charge is 0.283 e. The van der Waals surface area contributed by atoms with Crippen molar-refractivity contribution in [3.63, 3.8) is 0 Å². The maximum atomic E-state index is 13.0. The van der Waals surface area contributed by atoms with Crippen LogP contribution < -0.4 is 33.0 Å². The number of hydrogen-bond donors (Lipinski definition) is 1. The van der Waals surface area contributed by atoms with E-state index in [1.165, 1.54) is 16.4 Å². The Morgan fingerprint density at radius 1 is 1.00 bits per heavy atom. The molecule has 108 valence electrons. The van der Waals surface area contributed by atoms with Crippen LogP contribution in [0.15, 0.2) is 12.2 Å². The summed E-state index contributed by atoms with van der Waals surface area (Å²) in [6.07, 6.45) is 3.35. The van der Waals surface area contributed by atoms with Crippen LogP contribution in [-0.2, 0) is 10.3 Å². The number of halogens is 1. The van der Waals surface area contributed by atoms with Crippen LogP contribution in [0.3, 0.4) is 0 Å². The minimum atomic E-state index is -1.07. The summed E-state index contributed by atoms with van der Waals surface area (Å²) in [5.41, 5.74) is 12.6. The number of hydrogen-bond acceptors (Lipinski definition) is 2. The third kappa shape index (κ3) is 1.67. The zero-order valence-electron chi connectivity index (χ0n) is 15.1. The van der Waals surface area contributed by atoms with Gasteiger partial charge in [-0.3, -0.25) is 4.79 Å². The second-order valence-electron chi connectivity index (χ2n) is 8.08. The molecule has 0 aromatic heterocycles. The van der Waals surface area contributed by atoms with Crippen LogP contribution in [0.2, 0.25) is 10.4 Å². The lowest BCUT2D eigenvalue weighted by molar-refractivity contribution is -0.120. The average Bonchev–Trinajstić information content (AvgIpc) is 2.68. The summed E-state index contributed by atoms with van der Waals surface area (Å²) in [4.78, 5) is 13.0. The van der Waals surface area contributed by atoms with Gasteiger partial charge in [-0.2, -0.15) is 11.5 Å². The lowest BCUT2D eigenvalue weighted by atomic mass is 9.20. The molecule has 3 rings (SSSR count). The predicted molar refractivity (Wildman–Crippen MR) is 121 cm³/mol. The van der Waals surface area contributed by atoms with Gasteiger partial charge in [0.15, 0.2) is 5.78 Å². The number of carbonyl (C=O) groups is 1. The summed E-state index contributed by atoms with van der Waals surface area (Å²) in [5.74, 6) is -0.0329. The van der Waals surface area contributed by atoms with Crippen molar-refractivity contribution in [2.75, 3.05) is 0 Å². The summed E-state index contributed by atoms with van der Waals surface area (Å²) in [5, 5.41) is -0.840. The lowest BCUT2D eigenvalue weighted by Gasteiger charge is -2.53. The largest absolute Gasteiger partial charge is 0.316 e. The van der Waals surface area contributed by atoms with Gasteiger partial charge in [0.1, 0.15) is 54.9 Å². The van der Waals surface area contributed by atoms with Gasteiger partial charge in [0.2, 0.25) is 0 Å². The Morgan fingerprint density at radius 3 is 2.09 bits per heavy atom. The zero-order chi connectivity index (χ0) is 17.5. The molecule has 0 spiro atoms. The lowest BCUT2D eigenvalue weighted by Crippen LogP contribution is -2.63. The molecule has 0 radical (unpaired) electrons. The van der Waals surface area contributed by atoms with Crippen molar-refractivity contribution < 1.29 is 4.79 Å². The molecule has 1 aliphatic carbocycles. The summed E-state index contributed by atoms with van der Waals surface area (Å²) < 4.78 is 0. The van der Waals surface area contributed by atoms with Crippen molar-refractivity contribution in [3.05, 3.63) is 17.7 Å². The van der Waals surface area contributed by atoms with Crippen LogP contribution in [0.5, 0.6) is 0 Å². The Balaban J connectivity index is 2.52. The van der Waals surface area contributed by atoms with Crippen molar-refractivity contribution in [3.8, 4) is 0 Å². The van der Waals surface area contributed by atoms with Crippen molar-refractivity contribution in [1.29, 1.82) is 0 Å². The molecule has 0 fully saturated rings. The first-order chi connectivity index (χ1) is 10.4. The van der Waals surface area contributed by atoms with E-state index in [1.54, 1.807) is 6.08 Å². The Kier molecular flexibility index (Phi) is 3.54. The highest BCUT2D eigenvalue weighted by molar-refractivity contribution is 7.21. The van der Waals surface area contributed by atoms with Crippen LogP contribution in [0.25, 0.3) is 0 Å². The molecule has 2 nitrogen and oxygen atoms in total. The van der Waals surface area contributed by atoms with E-state index >= 15 is 0 Å². The minimum absolute atomic E-state index is 0.0329. The SMILES string of the molecule is Bc1c(B)c(B)c2c(c1B)B(Cl)C1(B)C(B)(B)C=CC(=O)C21N. The first-order valence-electron chi connectivity index (χ1n) is 8.20. The molecule has 2 aliphatic rings. The van der Waals surface area contributed by atoms with Gasteiger partial charge in [-0.1, -0.05) is 27.7 Å². The molecule has 1 aromatic rings. The Morgan fingerprint density at radius 2 is 1.52 bits per heavy atom. The molecule has 2 N–H and O–H groups in total. The highest BCUT2D eigenvalue weighted by atomic mass is 35.5. The fraction of sp³-hybridized carbons (Fsp3) is 0.250. The molecular weight excluding hydrogens is 296 g/mol. The minimum Gasteiger partial charge on any atom is -0.316 e. The van der Waals surface area contributed by atoms with Gasteiger partial charge in [0.05, 0.1) is 5.54 Å². The molecule has 1 aromatic carbocycles. The van der Waals surface area contributed by atoms with Gasteiger partial charge >= 0.3 is 0 Å². The van der Waals surface area contributed by atoms with Gasteiger partial charge < -0.3 is 5.73 Å². The Bertz CT molecular complexity index is 796. The number of allylic oxidation sites excluding steroid dienone is 1. The van der Waals surface area contributed by atoms with E-state index in [0.717, 1.165) is 16.5 Å². The molecular formula is C12H18B8ClNO. The highest BCUT2D eigenvalue weighted by Gasteiger charge is 2.69. The molecule has 11 heteroatoms. The van der Waals surface area contributed by atoms with Crippen LogP contribution in [0, 0.1) is 0 Å². The third-order valence-corrected chi connectivity index (χ3v) is 7.74. The van der Waals surface area contributed by atoms with E-state index < -0.39 is 10.8 Å². The van der Waals surface area contributed by atoms with Gasteiger partial charge in [0.25, 0.3) is 6.13 Å². The summed E-state index contributed by atoms with van der Waals surface area (Å²) in [6, 6.07) is 0. The van der Waals surface area contributed by atoms with E-state index in [-0.39, 0.29) is 17.1 Å². The van der Waals surface area contributed by atoms with E-state index in [4.69, 9.17) is 17.2 Å². The molecule has 23 heavy (non-hydrogen) atoms. The van der Waals surface area contributed by atoms with E-state index in [1.807, 2.05) is 6.08 Å². The van der Waals surface area contributed by atoms with Crippen molar-refractivity contribution >= 4 is 106 Å². The monoisotopic (exact) mass is 315 g/mol. The Labute approximate surface area is 150 Å². The highest BCUT2D eigenvalue weighted by Crippen LogP contribution is 2.63. The fourth-order valence-electron chi connectivity index (χ4n) is 4.72. The third-order valence-electron chi connectivity index (χ3n) is 7.09. The average molecular weight is 314 g/mol. The van der Waals surface area contributed by atoms with E-state index in [9.17, 15) is 4.79 Å². The van der Waals surface area contributed by atoms with Crippen LogP contribution in [-0.4, -0.2) is 66.8 Å². The van der Waals surface area contributed by atoms with Gasteiger partial charge in [-0.05, 0) is 16.9 Å². The molecule has 1 aliphatic heterocycles. The van der Waals surface area contributed by atoms with Gasteiger partial charge in [-0.15, -0.1) is 10.9 Å². The maximum absolute atomic E-state index is 13.0. The van der Waals surface area contributed by atoms with Crippen LogP contribution >= 0.6 is 11.5 Å². The van der Waals surface area contributed by atoms with E-state index in [0.29, 0.717) is 0 Å². The first kappa shape index (κ1) is 17.2. The summed E-state index contributed by atoms with van der Waals surface area (Å²) in [6.45, 7) is 0. The number of benzene rings is 1. The standard InChI is InChI=1S/C12H18B8ClNO/c13-5-4-9(8(16)7(15)6(5)14)20(21)12(19)10(17,18)2-1-3(23)11(4,12)22/h1-2H,13-19,22H2. The number of nitrogens with two attached hydrogens (primary N) is 1.